The molecule has 2 rings (SSSR count). The topological polar surface area (TPSA) is 87.7 Å². The van der Waals surface area contributed by atoms with Crippen LogP contribution in [0.5, 0.6) is 0 Å². The molecule has 0 fully saturated rings. The molecule has 1 amide bonds. The van der Waals surface area contributed by atoms with Gasteiger partial charge in [-0.25, -0.2) is 9.97 Å². The number of carbonyl (C=O) groups excluding carboxylic acids is 1. The Bertz CT molecular complexity index is 656. The van der Waals surface area contributed by atoms with Gasteiger partial charge in [0.2, 0.25) is 0 Å². The van der Waals surface area contributed by atoms with Gasteiger partial charge in [-0.3, -0.25) is 9.59 Å². The van der Waals surface area contributed by atoms with Gasteiger partial charge >= 0.3 is 0 Å². The zero-order valence-electron chi connectivity index (χ0n) is 8.78. The fourth-order valence-electron chi connectivity index (χ4n) is 1.20. The summed E-state index contributed by atoms with van der Waals surface area (Å²) in [7, 11) is 0. The molecular weight excluding hydrogens is 368 g/mol. The van der Waals surface area contributed by atoms with Crippen LogP contribution in [-0.2, 0) is 0 Å². The minimum absolute atomic E-state index is 0.00844. The first-order valence-corrected chi connectivity index (χ1v) is 6.33. The molecule has 18 heavy (non-hydrogen) atoms. The van der Waals surface area contributed by atoms with Crippen LogP contribution >= 0.6 is 31.9 Å². The van der Waals surface area contributed by atoms with Crippen LogP contribution in [0.1, 0.15) is 10.4 Å². The van der Waals surface area contributed by atoms with Crippen LogP contribution in [-0.4, -0.2) is 20.9 Å². The lowest BCUT2D eigenvalue weighted by Crippen LogP contribution is -2.21. The molecule has 0 aliphatic rings. The summed E-state index contributed by atoms with van der Waals surface area (Å²) in [5, 5.41) is 2.49. The lowest BCUT2D eigenvalue weighted by atomic mass is 10.2. The molecule has 0 bridgehead atoms. The molecule has 8 heteroatoms. The van der Waals surface area contributed by atoms with E-state index < -0.39 is 5.91 Å². The molecule has 92 valence electrons. The molecule has 0 aliphatic carbocycles. The molecule has 6 nitrogen and oxygen atoms in total. The number of rotatable bonds is 2. The Hall–Kier alpha value is -1.54. The van der Waals surface area contributed by atoms with Crippen molar-refractivity contribution in [3.8, 4) is 0 Å². The second kappa shape index (κ2) is 5.40. The average Bonchev–Trinajstić information content (AvgIpc) is 2.33. The maximum atomic E-state index is 11.8. The van der Waals surface area contributed by atoms with Crippen molar-refractivity contribution in [2.45, 2.75) is 0 Å². The Balaban J connectivity index is 2.27. The highest BCUT2D eigenvalue weighted by Crippen LogP contribution is 2.19. The van der Waals surface area contributed by atoms with Crippen LogP contribution in [0.3, 0.4) is 0 Å². The number of hydrogen-bond donors (Lipinski definition) is 2. The maximum absolute atomic E-state index is 11.8. The van der Waals surface area contributed by atoms with Gasteiger partial charge in [0.05, 0.1) is 6.20 Å². The standard InChI is InChI=1S/C10H6Br2N4O2/c11-7-4-14-9(8(12)15-7)16-10(18)5-3-13-2-1-6(5)17/h1-4H,(H,13,17)(H,14,16,18). The summed E-state index contributed by atoms with van der Waals surface area (Å²) in [6.45, 7) is 0. The summed E-state index contributed by atoms with van der Waals surface area (Å²) >= 11 is 6.31. The van der Waals surface area contributed by atoms with E-state index in [2.05, 4.69) is 52.1 Å². The van der Waals surface area contributed by atoms with E-state index in [0.29, 0.717) is 9.21 Å². The predicted molar refractivity (Wildman–Crippen MR) is 72.4 cm³/mol. The highest BCUT2D eigenvalue weighted by atomic mass is 79.9. The number of aromatic nitrogens is 3. The molecule has 2 N–H and O–H groups in total. The average molecular weight is 374 g/mol. The smallest absolute Gasteiger partial charge is 0.262 e. The van der Waals surface area contributed by atoms with Crippen LogP contribution < -0.4 is 10.7 Å². The van der Waals surface area contributed by atoms with Crippen molar-refractivity contribution in [3.63, 3.8) is 0 Å². The fraction of sp³-hybridized carbons (Fsp3) is 0. The van der Waals surface area contributed by atoms with Gasteiger partial charge in [-0.1, -0.05) is 0 Å². The zero-order chi connectivity index (χ0) is 13.1. The number of hydrogen-bond acceptors (Lipinski definition) is 4. The number of carbonyl (C=O) groups is 1. The number of aromatic amines is 1. The number of H-pyrrole nitrogens is 1. The first-order valence-electron chi connectivity index (χ1n) is 4.74. The third kappa shape index (κ3) is 2.82. The molecule has 0 saturated heterocycles. The van der Waals surface area contributed by atoms with Gasteiger partial charge in [-0.2, -0.15) is 0 Å². The molecule has 0 aromatic carbocycles. The van der Waals surface area contributed by atoms with Gasteiger partial charge in [0.15, 0.2) is 11.2 Å². The SMILES string of the molecule is O=C(Nc1ncc(Br)nc1Br)c1c[nH]ccc1=O. The molecular formula is C10H6Br2N4O2. The quantitative estimate of drug-likeness (QED) is 0.842. The van der Waals surface area contributed by atoms with Crippen molar-refractivity contribution in [2.24, 2.45) is 0 Å². The van der Waals surface area contributed by atoms with Crippen molar-refractivity contribution in [2.75, 3.05) is 5.32 Å². The number of halogens is 2. The van der Waals surface area contributed by atoms with Crippen LogP contribution in [0, 0.1) is 0 Å². The Morgan fingerprint density at radius 1 is 1.39 bits per heavy atom. The van der Waals surface area contributed by atoms with E-state index in [1.165, 1.54) is 24.7 Å². The van der Waals surface area contributed by atoms with Gasteiger partial charge in [0.25, 0.3) is 5.91 Å². The largest absolute Gasteiger partial charge is 0.367 e. The van der Waals surface area contributed by atoms with Crippen molar-refractivity contribution in [3.05, 3.63) is 49.7 Å². The van der Waals surface area contributed by atoms with Crippen LogP contribution in [0.15, 0.2) is 38.7 Å². The van der Waals surface area contributed by atoms with Crippen molar-refractivity contribution in [1.29, 1.82) is 0 Å². The minimum atomic E-state index is -0.547. The molecule has 0 unspecified atom stereocenters. The van der Waals surface area contributed by atoms with E-state index in [9.17, 15) is 9.59 Å². The highest BCUT2D eigenvalue weighted by Gasteiger charge is 2.13. The predicted octanol–water partition coefficient (Wildman–Crippen LogP) is 1.94. The summed E-state index contributed by atoms with van der Waals surface area (Å²) in [5.41, 5.74) is -0.360. The van der Waals surface area contributed by atoms with Crippen molar-refractivity contribution < 1.29 is 4.79 Å². The summed E-state index contributed by atoms with van der Waals surface area (Å²) in [6.07, 6.45) is 4.22. The number of nitrogens with zero attached hydrogens (tertiary/aromatic N) is 2. The van der Waals surface area contributed by atoms with E-state index in [4.69, 9.17) is 0 Å². The lowest BCUT2D eigenvalue weighted by molar-refractivity contribution is 0.102. The Labute approximate surface area is 118 Å². The number of pyridine rings is 1. The van der Waals surface area contributed by atoms with E-state index in [1.807, 2.05) is 0 Å². The third-order valence-corrected chi connectivity index (χ3v) is 2.94. The first-order chi connectivity index (χ1) is 8.58. The van der Waals surface area contributed by atoms with Crippen LogP contribution in [0.4, 0.5) is 5.82 Å². The van der Waals surface area contributed by atoms with Crippen LogP contribution in [0.2, 0.25) is 0 Å². The summed E-state index contributed by atoms with van der Waals surface area (Å²) in [5.74, 6) is -0.305. The Morgan fingerprint density at radius 2 is 2.17 bits per heavy atom. The molecule has 0 saturated carbocycles. The molecule has 0 radical (unpaired) electrons. The van der Waals surface area contributed by atoms with Crippen LogP contribution in [0.25, 0.3) is 0 Å². The zero-order valence-corrected chi connectivity index (χ0v) is 11.9. The second-order valence-electron chi connectivity index (χ2n) is 3.21. The summed E-state index contributed by atoms with van der Waals surface area (Å²) in [4.78, 5) is 34.0. The first kappa shape index (κ1) is 12.9. The number of nitrogens with one attached hydrogen (secondary N) is 2. The van der Waals surface area contributed by atoms with E-state index in [0.717, 1.165) is 0 Å². The van der Waals surface area contributed by atoms with E-state index in [1.54, 1.807) is 0 Å². The maximum Gasteiger partial charge on any atom is 0.262 e. The molecule has 2 aromatic rings. The third-order valence-electron chi connectivity index (χ3n) is 2.00. The van der Waals surface area contributed by atoms with Gasteiger partial charge in [0, 0.05) is 18.5 Å². The van der Waals surface area contributed by atoms with Crippen molar-refractivity contribution >= 4 is 43.6 Å². The molecule has 0 aliphatic heterocycles. The molecule has 2 heterocycles. The van der Waals surface area contributed by atoms with Gasteiger partial charge in [-0.15, -0.1) is 0 Å². The fourth-order valence-corrected chi connectivity index (χ4v) is 2.11. The second-order valence-corrected chi connectivity index (χ2v) is 4.77. The monoisotopic (exact) mass is 372 g/mol. The summed E-state index contributed by atoms with van der Waals surface area (Å²) < 4.78 is 0.905. The van der Waals surface area contributed by atoms with Gasteiger partial charge < -0.3 is 10.3 Å². The van der Waals surface area contributed by atoms with E-state index >= 15 is 0 Å². The molecule has 0 atom stereocenters. The van der Waals surface area contributed by atoms with Gasteiger partial charge in [-0.05, 0) is 31.9 Å². The van der Waals surface area contributed by atoms with Crippen molar-refractivity contribution in [1.82, 2.24) is 15.0 Å². The Morgan fingerprint density at radius 3 is 2.83 bits per heavy atom. The number of amides is 1. The minimum Gasteiger partial charge on any atom is -0.367 e. The summed E-state index contributed by atoms with van der Waals surface area (Å²) in [6, 6.07) is 1.28. The van der Waals surface area contributed by atoms with E-state index in [-0.39, 0.29) is 16.8 Å². The number of anilines is 1. The molecule has 0 spiro atoms. The Kier molecular flexibility index (Phi) is 3.87. The molecule has 2 aromatic heterocycles. The lowest BCUT2D eigenvalue weighted by Gasteiger charge is -2.05. The van der Waals surface area contributed by atoms with Gasteiger partial charge in [0.1, 0.15) is 14.8 Å². The highest BCUT2D eigenvalue weighted by molar-refractivity contribution is 9.11. The normalized spacial score (nSPS) is 10.1.